The summed E-state index contributed by atoms with van der Waals surface area (Å²) in [7, 11) is 0. The minimum absolute atomic E-state index is 0.00192. The number of hydrogen-bond acceptors (Lipinski definition) is 3. The topological polar surface area (TPSA) is 56.1 Å². The van der Waals surface area contributed by atoms with Crippen molar-refractivity contribution in [2.24, 2.45) is 0 Å². The highest BCUT2D eigenvalue weighted by Gasteiger charge is 2.16. The van der Waals surface area contributed by atoms with Crippen LogP contribution in [-0.4, -0.2) is 30.4 Å². The Balaban J connectivity index is 1.85. The molecule has 5 heteroatoms. The summed E-state index contributed by atoms with van der Waals surface area (Å²) in [5, 5.41) is 11.9. The van der Waals surface area contributed by atoms with E-state index in [1.165, 1.54) is 12.5 Å². The average molecular weight is 275 g/mol. The molecule has 106 valence electrons. The number of piperidine rings is 1. The number of carbonyl (C=O) groups is 1. The summed E-state index contributed by atoms with van der Waals surface area (Å²) >= 11 is 0. The summed E-state index contributed by atoms with van der Waals surface area (Å²) < 4.78 is 13.4. The summed E-state index contributed by atoms with van der Waals surface area (Å²) in [5.41, 5.74) is 0.442. The van der Waals surface area contributed by atoms with Crippen molar-refractivity contribution in [2.75, 3.05) is 25.0 Å². The molecule has 0 radical (unpaired) electrons. The molecule has 1 heterocycles. The van der Waals surface area contributed by atoms with Crippen molar-refractivity contribution in [3.05, 3.63) is 29.6 Å². The second-order valence-corrected chi connectivity index (χ2v) is 4.89. The molecule has 1 fully saturated rings. The Kier molecular flexibility index (Phi) is 4.94. The van der Waals surface area contributed by atoms with E-state index in [1.807, 2.05) is 11.0 Å². The van der Waals surface area contributed by atoms with Crippen LogP contribution in [0.3, 0.4) is 0 Å². The van der Waals surface area contributed by atoms with Gasteiger partial charge in [0.1, 0.15) is 17.4 Å². The van der Waals surface area contributed by atoms with E-state index >= 15 is 0 Å². The van der Waals surface area contributed by atoms with Crippen LogP contribution in [0.4, 0.5) is 10.1 Å². The third-order valence-electron chi connectivity index (χ3n) is 3.49. The van der Waals surface area contributed by atoms with Crippen molar-refractivity contribution in [1.82, 2.24) is 4.90 Å². The lowest BCUT2D eigenvalue weighted by Gasteiger charge is -2.26. The van der Waals surface area contributed by atoms with Crippen molar-refractivity contribution < 1.29 is 9.18 Å². The standard InChI is InChI=1S/C15H18FN3O/c16-13-5-4-6-14(12(13)11-17)18-8-7-15(20)19-9-2-1-3-10-19/h4-6,18H,1-3,7-10H2. The molecule has 2 rings (SSSR count). The zero-order valence-corrected chi connectivity index (χ0v) is 11.4. The number of carbonyl (C=O) groups excluding carboxylic acids is 1. The van der Waals surface area contributed by atoms with Crippen molar-refractivity contribution in [3.8, 4) is 6.07 Å². The molecule has 1 aromatic carbocycles. The largest absolute Gasteiger partial charge is 0.383 e. The monoisotopic (exact) mass is 275 g/mol. The molecule has 1 amide bonds. The van der Waals surface area contributed by atoms with Gasteiger partial charge in [-0.1, -0.05) is 6.07 Å². The molecule has 1 aliphatic heterocycles. The van der Waals surface area contributed by atoms with Crippen molar-refractivity contribution in [1.29, 1.82) is 5.26 Å². The van der Waals surface area contributed by atoms with Crippen molar-refractivity contribution in [3.63, 3.8) is 0 Å². The van der Waals surface area contributed by atoms with E-state index in [0.717, 1.165) is 25.9 Å². The van der Waals surface area contributed by atoms with Crippen LogP contribution in [-0.2, 0) is 4.79 Å². The normalized spacial score (nSPS) is 14.7. The number of nitrogens with one attached hydrogen (secondary N) is 1. The fraction of sp³-hybridized carbons (Fsp3) is 0.467. The highest BCUT2D eigenvalue weighted by Crippen LogP contribution is 2.17. The first-order valence-electron chi connectivity index (χ1n) is 6.92. The molecule has 0 spiro atoms. The lowest BCUT2D eigenvalue weighted by atomic mass is 10.1. The van der Waals surface area contributed by atoms with Gasteiger partial charge in [-0.15, -0.1) is 0 Å². The van der Waals surface area contributed by atoms with Gasteiger partial charge in [0.05, 0.1) is 5.69 Å². The number of benzene rings is 1. The molecule has 20 heavy (non-hydrogen) atoms. The number of halogens is 1. The molecular formula is C15H18FN3O. The number of rotatable bonds is 4. The molecule has 1 aromatic rings. The highest BCUT2D eigenvalue weighted by atomic mass is 19.1. The van der Waals surface area contributed by atoms with Crippen LogP contribution in [0.25, 0.3) is 0 Å². The molecule has 0 aromatic heterocycles. The molecule has 1 aliphatic rings. The average Bonchev–Trinajstić information content (AvgIpc) is 2.48. The van der Waals surface area contributed by atoms with Gasteiger partial charge >= 0.3 is 0 Å². The van der Waals surface area contributed by atoms with E-state index < -0.39 is 5.82 Å². The van der Waals surface area contributed by atoms with Crippen LogP contribution >= 0.6 is 0 Å². The fourth-order valence-electron chi connectivity index (χ4n) is 2.39. The highest BCUT2D eigenvalue weighted by molar-refractivity contribution is 5.77. The number of anilines is 1. The minimum atomic E-state index is -0.542. The van der Waals surface area contributed by atoms with Crippen LogP contribution in [0.15, 0.2) is 18.2 Å². The van der Waals surface area contributed by atoms with E-state index in [-0.39, 0.29) is 11.5 Å². The van der Waals surface area contributed by atoms with E-state index in [4.69, 9.17) is 5.26 Å². The second-order valence-electron chi connectivity index (χ2n) is 4.89. The third kappa shape index (κ3) is 3.47. The van der Waals surface area contributed by atoms with E-state index in [2.05, 4.69) is 5.32 Å². The molecule has 0 aliphatic carbocycles. The predicted octanol–water partition coefficient (Wildman–Crippen LogP) is 2.51. The van der Waals surface area contributed by atoms with Gasteiger partial charge in [-0.05, 0) is 31.4 Å². The Bertz CT molecular complexity index is 518. The van der Waals surface area contributed by atoms with Gasteiger partial charge in [0, 0.05) is 26.1 Å². The van der Waals surface area contributed by atoms with Crippen LogP contribution in [0, 0.1) is 17.1 Å². The molecule has 1 N–H and O–H groups in total. The quantitative estimate of drug-likeness (QED) is 0.918. The molecule has 0 bridgehead atoms. The molecular weight excluding hydrogens is 257 g/mol. The first kappa shape index (κ1) is 14.3. The Hall–Kier alpha value is -2.09. The molecule has 0 atom stereocenters. The van der Waals surface area contributed by atoms with Crippen LogP contribution < -0.4 is 5.32 Å². The van der Waals surface area contributed by atoms with E-state index in [1.54, 1.807) is 12.1 Å². The fourth-order valence-corrected chi connectivity index (χ4v) is 2.39. The molecule has 4 nitrogen and oxygen atoms in total. The molecule has 1 saturated heterocycles. The minimum Gasteiger partial charge on any atom is -0.383 e. The summed E-state index contributed by atoms with van der Waals surface area (Å²) in [6, 6.07) is 6.28. The Morgan fingerprint density at radius 2 is 2.10 bits per heavy atom. The van der Waals surface area contributed by atoms with Gasteiger partial charge in [-0.3, -0.25) is 4.79 Å². The Labute approximate surface area is 118 Å². The number of nitriles is 1. The number of likely N-dealkylation sites (tertiary alicyclic amines) is 1. The second kappa shape index (κ2) is 6.90. The zero-order chi connectivity index (χ0) is 14.4. The summed E-state index contributed by atoms with van der Waals surface area (Å²) in [6.45, 7) is 2.08. The van der Waals surface area contributed by atoms with Gasteiger partial charge in [0.15, 0.2) is 0 Å². The van der Waals surface area contributed by atoms with Crippen molar-refractivity contribution >= 4 is 11.6 Å². The number of amides is 1. The molecule has 0 unspecified atom stereocenters. The van der Waals surface area contributed by atoms with Crippen LogP contribution in [0.2, 0.25) is 0 Å². The van der Waals surface area contributed by atoms with Gasteiger partial charge < -0.3 is 10.2 Å². The van der Waals surface area contributed by atoms with Gasteiger partial charge in [-0.2, -0.15) is 5.26 Å². The predicted molar refractivity (Wildman–Crippen MR) is 74.7 cm³/mol. The van der Waals surface area contributed by atoms with Gasteiger partial charge in [0.2, 0.25) is 5.91 Å². The number of hydrogen-bond donors (Lipinski definition) is 1. The zero-order valence-electron chi connectivity index (χ0n) is 11.4. The summed E-state index contributed by atoms with van der Waals surface area (Å²) in [5.74, 6) is -0.424. The summed E-state index contributed by atoms with van der Waals surface area (Å²) in [6.07, 6.45) is 3.70. The SMILES string of the molecule is N#Cc1c(F)cccc1NCCC(=O)N1CCCCC1. The Morgan fingerprint density at radius 1 is 1.35 bits per heavy atom. The lowest BCUT2D eigenvalue weighted by molar-refractivity contribution is -0.131. The van der Waals surface area contributed by atoms with Gasteiger partial charge in [-0.25, -0.2) is 4.39 Å². The Morgan fingerprint density at radius 3 is 2.80 bits per heavy atom. The number of nitrogens with zero attached hydrogens (tertiary/aromatic N) is 2. The van der Waals surface area contributed by atoms with E-state index in [9.17, 15) is 9.18 Å². The van der Waals surface area contributed by atoms with Crippen LogP contribution in [0.1, 0.15) is 31.2 Å². The van der Waals surface area contributed by atoms with Gasteiger partial charge in [0.25, 0.3) is 0 Å². The van der Waals surface area contributed by atoms with Crippen molar-refractivity contribution in [2.45, 2.75) is 25.7 Å². The third-order valence-corrected chi connectivity index (χ3v) is 3.49. The maximum Gasteiger partial charge on any atom is 0.224 e. The smallest absolute Gasteiger partial charge is 0.224 e. The maximum absolute atomic E-state index is 13.4. The van der Waals surface area contributed by atoms with Crippen LogP contribution in [0.5, 0.6) is 0 Å². The first-order chi connectivity index (χ1) is 9.72. The molecule has 0 saturated carbocycles. The first-order valence-corrected chi connectivity index (χ1v) is 6.92. The lowest BCUT2D eigenvalue weighted by Crippen LogP contribution is -2.36. The summed E-state index contributed by atoms with van der Waals surface area (Å²) in [4.78, 5) is 13.8. The maximum atomic E-state index is 13.4. The van der Waals surface area contributed by atoms with E-state index in [0.29, 0.717) is 18.7 Å².